The maximum atomic E-state index is 11.5. The average molecular weight is 567 g/mol. The first-order valence-corrected chi connectivity index (χ1v) is 13.2. The van der Waals surface area contributed by atoms with Crippen LogP contribution in [0.25, 0.3) is 0 Å². The monoisotopic (exact) mass is 566 g/mol. The van der Waals surface area contributed by atoms with E-state index in [1.54, 1.807) is 48.5 Å². The van der Waals surface area contributed by atoms with E-state index in [9.17, 15) is 19.2 Å². The van der Waals surface area contributed by atoms with Crippen molar-refractivity contribution in [3.8, 4) is 23.0 Å². The van der Waals surface area contributed by atoms with Gasteiger partial charge in [0.15, 0.2) is 0 Å². The van der Waals surface area contributed by atoms with E-state index in [1.807, 2.05) is 48.5 Å². The van der Waals surface area contributed by atoms with E-state index in [0.717, 1.165) is 22.3 Å². The number of carbonyl (C=O) groups is 4. The lowest BCUT2D eigenvalue weighted by molar-refractivity contribution is -0.132. The van der Waals surface area contributed by atoms with Gasteiger partial charge in [0.2, 0.25) is 0 Å². The second-order valence-corrected chi connectivity index (χ2v) is 9.61. The highest BCUT2D eigenvalue weighted by Gasteiger charge is 2.29. The van der Waals surface area contributed by atoms with Crippen LogP contribution in [-0.4, -0.2) is 23.9 Å². The van der Waals surface area contributed by atoms with E-state index < -0.39 is 23.9 Å². The largest absolute Gasteiger partial charge is 0.427 e. The lowest BCUT2D eigenvalue weighted by Gasteiger charge is -2.30. The predicted molar refractivity (Wildman–Crippen MR) is 155 cm³/mol. The van der Waals surface area contributed by atoms with Crippen molar-refractivity contribution in [3.05, 3.63) is 119 Å². The van der Waals surface area contributed by atoms with Crippen LogP contribution in [0.15, 0.2) is 97.1 Å². The first-order valence-electron chi connectivity index (χ1n) is 13.2. The van der Waals surface area contributed by atoms with Crippen molar-refractivity contribution in [2.24, 2.45) is 0 Å². The quantitative estimate of drug-likeness (QED) is 0.170. The highest BCUT2D eigenvalue weighted by Crippen LogP contribution is 2.44. The van der Waals surface area contributed by atoms with Gasteiger partial charge in [0.1, 0.15) is 23.0 Å². The molecule has 8 nitrogen and oxygen atoms in total. The van der Waals surface area contributed by atoms with Gasteiger partial charge in [0.05, 0.1) is 0 Å². The number of benzene rings is 4. The van der Waals surface area contributed by atoms with Crippen LogP contribution in [0.4, 0.5) is 0 Å². The van der Waals surface area contributed by atoms with Crippen molar-refractivity contribution in [1.82, 2.24) is 0 Å². The maximum Gasteiger partial charge on any atom is 0.308 e. The second-order valence-electron chi connectivity index (χ2n) is 9.61. The van der Waals surface area contributed by atoms with E-state index in [4.69, 9.17) is 18.9 Å². The molecular formula is C34H30O8. The van der Waals surface area contributed by atoms with Crippen LogP contribution in [0.3, 0.4) is 0 Å². The maximum absolute atomic E-state index is 11.5. The minimum atomic E-state index is -0.418. The standard InChI is InChI=1S/C34H30O8/c1-21(35)39-29-13-5-25(6-14-29)33(26-7-15-30(16-8-26)40-22(2)36)34(27-9-17-31(18-10-27)41-23(3)37)28-11-19-32(20-12-28)42-24(4)38/h5-20,33-34H,1-4H3. The normalized spacial score (nSPS) is 10.7. The van der Waals surface area contributed by atoms with E-state index in [1.165, 1.54) is 27.7 Å². The van der Waals surface area contributed by atoms with Gasteiger partial charge in [-0.25, -0.2) is 0 Å². The topological polar surface area (TPSA) is 105 Å². The van der Waals surface area contributed by atoms with Crippen molar-refractivity contribution < 1.29 is 38.1 Å². The fraction of sp³-hybridized carbons (Fsp3) is 0.176. The molecule has 0 radical (unpaired) electrons. The van der Waals surface area contributed by atoms with E-state index in [2.05, 4.69) is 0 Å². The van der Waals surface area contributed by atoms with Gasteiger partial charge >= 0.3 is 23.9 Å². The zero-order valence-electron chi connectivity index (χ0n) is 23.7. The molecule has 8 heteroatoms. The molecule has 4 rings (SSSR count). The van der Waals surface area contributed by atoms with Crippen molar-refractivity contribution >= 4 is 23.9 Å². The van der Waals surface area contributed by atoms with Crippen molar-refractivity contribution in [2.45, 2.75) is 39.5 Å². The molecule has 0 spiro atoms. The fourth-order valence-electron chi connectivity index (χ4n) is 4.79. The lowest BCUT2D eigenvalue weighted by atomic mass is 9.73. The summed E-state index contributed by atoms with van der Waals surface area (Å²) in [5.74, 6) is -0.544. The van der Waals surface area contributed by atoms with Gasteiger partial charge in [-0.05, 0) is 70.8 Å². The smallest absolute Gasteiger partial charge is 0.308 e. The molecule has 0 aromatic heterocycles. The minimum Gasteiger partial charge on any atom is -0.427 e. The Morgan fingerprint density at radius 2 is 0.524 bits per heavy atom. The number of rotatable bonds is 9. The number of carbonyl (C=O) groups excluding carboxylic acids is 4. The van der Waals surface area contributed by atoms with Crippen molar-refractivity contribution in [1.29, 1.82) is 0 Å². The molecular weight excluding hydrogens is 536 g/mol. The van der Waals surface area contributed by atoms with Crippen LogP contribution >= 0.6 is 0 Å². The second kappa shape index (κ2) is 13.4. The van der Waals surface area contributed by atoms with Crippen LogP contribution in [0.5, 0.6) is 23.0 Å². The summed E-state index contributed by atoms with van der Waals surface area (Å²) in [6, 6.07) is 29.1. The molecule has 0 aliphatic carbocycles. The highest BCUT2D eigenvalue weighted by atomic mass is 16.5. The number of hydrogen-bond acceptors (Lipinski definition) is 8. The van der Waals surface area contributed by atoms with Gasteiger partial charge in [0.25, 0.3) is 0 Å². The molecule has 0 saturated carbocycles. The molecule has 0 aliphatic rings. The molecule has 0 fully saturated rings. The fourth-order valence-corrected chi connectivity index (χ4v) is 4.79. The summed E-state index contributed by atoms with van der Waals surface area (Å²) in [6.45, 7) is 5.37. The number of ether oxygens (including phenoxy) is 4. The Labute approximate surface area is 243 Å². The first kappa shape index (κ1) is 29.7. The molecule has 4 aromatic carbocycles. The summed E-state index contributed by atoms with van der Waals surface area (Å²) in [4.78, 5) is 46.0. The predicted octanol–water partition coefficient (Wildman–Crippen LogP) is 6.35. The molecule has 0 atom stereocenters. The van der Waals surface area contributed by atoms with Gasteiger partial charge in [-0.3, -0.25) is 19.2 Å². The summed E-state index contributed by atoms with van der Waals surface area (Å²) >= 11 is 0. The zero-order chi connectivity index (χ0) is 30.2. The summed E-state index contributed by atoms with van der Waals surface area (Å²) in [7, 11) is 0. The summed E-state index contributed by atoms with van der Waals surface area (Å²) in [5.41, 5.74) is 3.68. The Hall–Kier alpha value is -5.24. The summed E-state index contributed by atoms with van der Waals surface area (Å²) < 4.78 is 21.0. The minimum absolute atomic E-state index is 0.276. The van der Waals surface area contributed by atoms with Crippen LogP contribution in [0, 0.1) is 0 Å². The Bertz CT molecular complexity index is 1310. The van der Waals surface area contributed by atoms with Gasteiger partial charge in [0, 0.05) is 39.5 Å². The lowest BCUT2D eigenvalue weighted by Crippen LogP contribution is -2.15. The molecule has 0 saturated heterocycles. The van der Waals surface area contributed by atoms with Gasteiger partial charge in [-0.2, -0.15) is 0 Å². The molecule has 0 unspecified atom stereocenters. The molecule has 42 heavy (non-hydrogen) atoms. The number of esters is 4. The van der Waals surface area contributed by atoms with Crippen LogP contribution < -0.4 is 18.9 Å². The first-order chi connectivity index (χ1) is 20.1. The van der Waals surface area contributed by atoms with Crippen molar-refractivity contribution in [3.63, 3.8) is 0 Å². The third-order valence-corrected chi connectivity index (χ3v) is 6.34. The number of hydrogen-bond donors (Lipinski definition) is 0. The Morgan fingerprint density at radius 1 is 0.357 bits per heavy atom. The molecule has 0 bridgehead atoms. The molecule has 0 heterocycles. The third-order valence-electron chi connectivity index (χ3n) is 6.34. The van der Waals surface area contributed by atoms with Gasteiger partial charge in [-0.1, -0.05) is 48.5 Å². The summed E-state index contributed by atoms with van der Waals surface area (Å²) in [5, 5.41) is 0. The zero-order valence-corrected chi connectivity index (χ0v) is 23.7. The molecule has 214 valence electrons. The molecule has 0 N–H and O–H groups in total. The van der Waals surface area contributed by atoms with E-state index >= 15 is 0 Å². The van der Waals surface area contributed by atoms with E-state index in [-0.39, 0.29) is 11.8 Å². The third kappa shape index (κ3) is 7.91. The molecule has 0 aliphatic heterocycles. The Balaban J connectivity index is 1.87. The molecule has 4 aromatic rings. The van der Waals surface area contributed by atoms with Crippen LogP contribution in [0.2, 0.25) is 0 Å². The summed E-state index contributed by atoms with van der Waals surface area (Å²) in [6.07, 6.45) is 0. The Kier molecular flexibility index (Phi) is 9.50. The average Bonchev–Trinajstić information content (AvgIpc) is 2.93. The Morgan fingerprint density at radius 3 is 0.667 bits per heavy atom. The van der Waals surface area contributed by atoms with E-state index in [0.29, 0.717) is 23.0 Å². The van der Waals surface area contributed by atoms with Crippen LogP contribution in [0.1, 0.15) is 61.8 Å². The van der Waals surface area contributed by atoms with Gasteiger partial charge < -0.3 is 18.9 Å². The highest BCUT2D eigenvalue weighted by molar-refractivity contribution is 5.71. The molecule has 0 amide bonds. The van der Waals surface area contributed by atoms with Gasteiger partial charge in [-0.15, -0.1) is 0 Å². The van der Waals surface area contributed by atoms with Crippen LogP contribution in [-0.2, 0) is 19.2 Å². The SMILES string of the molecule is CC(=O)Oc1ccc(C(c2ccc(OC(C)=O)cc2)C(c2ccc(OC(C)=O)cc2)c2ccc(OC(C)=O)cc2)cc1. The van der Waals surface area contributed by atoms with Crippen molar-refractivity contribution in [2.75, 3.05) is 0 Å².